The van der Waals surface area contributed by atoms with E-state index in [1.165, 1.54) is 0 Å². The van der Waals surface area contributed by atoms with Crippen LogP contribution in [0.25, 0.3) is 0 Å². The molecular weight excluding hydrogens is 308 g/mol. The van der Waals surface area contributed by atoms with Gasteiger partial charge in [0, 0.05) is 31.7 Å². The van der Waals surface area contributed by atoms with Crippen LogP contribution in [0.1, 0.15) is 11.1 Å². The van der Waals surface area contributed by atoms with Gasteiger partial charge in [-0.15, -0.1) is 4.83 Å². The summed E-state index contributed by atoms with van der Waals surface area (Å²) < 4.78 is 24.4. The van der Waals surface area contributed by atoms with E-state index in [4.69, 9.17) is 18.0 Å². The first-order valence-corrected chi connectivity index (χ1v) is 8.74. The SMILES string of the molecule is CN1CCN(NS(=O)(=O)Cc2cccc(C(N)=S)c2)CC1. The molecule has 8 heteroatoms. The predicted octanol–water partition coefficient (Wildman–Crippen LogP) is -0.0974. The van der Waals surface area contributed by atoms with Gasteiger partial charge < -0.3 is 10.6 Å². The van der Waals surface area contributed by atoms with Crippen molar-refractivity contribution in [3.05, 3.63) is 35.4 Å². The Labute approximate surface area is 130 Å². The molecule has 1 aromatic rings. The molecule has 116 valence electrons. The maximum absolute atomic E-state index is 12.2. The van der Waals surface area contributed by atoms with E-state index in [2.05, 4.69) is 9.73 Å². The molecule has 0 atom stereocenters. The van der Waals surface area contributed by atoms with Crippen LogP contribution >= 0.6 is 12.2 Å². The third-order valence-corrected chi connectivity index (χ3v) is 4.83. The minimum Gasteiger partial charge on any atom is -0.389 e. The second-order valence-corrected chi connectivity index (χ2v) is 7.35. The van der Waals surface area contributed by atoms with Crippen LogP contribution < -0.4 is 10.6 Å². The number of piperazine rings is 1. The van der Waals surface area contributed by atoms with Crippen molar-refractivity contribution < 1.29 is 8.42 Å². The highest BCUT2D eigenvalue weighted by molar-refractivity contribution is 7.88. The van der Waals surface area contributed by atoms with E-state index in [9.17, 15) is 8.42 Å². The molecule has 1 aliphatic heterocycles. The normalized spacial score (nSPS) is 17.8. The monoisotopic (exact) mass is 328 g/mol. The molecule has 21 heavy (non-hydrogen) atoms. The topological polar surface area (TPSA) is 78.7 Å². The Morgan fingerprint density at radius 3 is 2.62 bits per heavy atom. The Morgan fingerprint density at radius 1 is 1.33 bits per heavy atom. The van der Waals surface area contributed by atoms with Gasteiger partial charge >= 0.3 is 0 Å². The summed E-state index contributed by atoms with van der Waals surface area (Å²) in [7, 11) is -1.40. The number of benzene rings is 1. The van der Waals surface area contributed by atoms with Gasteiger partial charge in [-0.2, -0.15) is 0 Å². The molecule has 1 saturated heterocycles. The quantitative estimate of drug-likeness (QED) is 0.735. The van der Waals surface area contributed by atoms with E-state index >= 15 is 0 Å². The van der Waals surface area contributed by atoms with Gasteiger partial charge in [0.1, 0.15) is 4.99 Å². The fourth-order valence-electron chi connectivity index (χ4n) is 2.16. The zero-order valence-electron chi connectivity index (χ0n) is 11.9. The van der Waals surface area contributed by atoms with Crippen molar-refractivity contribution >= 4 is 27.2 Å². The van der Waals surface area contributed by atoms with E-state index < -0.39 is 10.0 Å². The van der Waals surface area contributed by atoms with Gasteiger partial charge in [0.15, 0.2) is 0 Å². The molecule has 0 amide bonds. The number of hydrogen-bond donors (Lipinski definition) is 2. The molecule has 1 aromatic carbocycles. The minimum absolute atomic E-state index is 0.0875. The maximum Gasteiger partial charge on any atom is 0.228 e. The number of rotatable bonds is 5. The molecule has 0 saturated carbocycles. The van der Waals surface area contributed by atoms with Crippen molar-refractivity contribution in [1.29, 1.82) is 0 Å². The van der Waals surface area contributed by atoms with Crippen LogP contribution in [-0.4, -0.2) is 56.5 Å². The largest absolute Gasteiger partial charge is 0.389 e. The lowest BCUT2D eigenvalue weighted by molar-refractivity contribution is 0.134. The molecule has 0 spiro atoms. The average Bonchev–Trinajstić information content (AvgIpc) is 2.41. The van der Waals surface area contributed by atoms with Crippen LogP contribution in [0, 0.1) is 0 Å². The van der Waals surface area contributed by atoms with E-state index in [0.717, 1.165) is 13.1 Å². The molecule has 0 radical (unpaired) electrons. The van der Waals surface area contributed by atoms with Crippen molar-refractivity contribution in [2.24, 2.45) is 5.73 Å². The lowest BCUT2D eigenvalue weighted by Gasteiger charge is -2.32. The Bertz CT molecular complexity index is 610. The molecule has 1 heterocycles. The number of nitrogens with zero attached hydrogens (tertiary/aromatic N) is 2. The molecule has 0 aromatic heterocycles. The number of likely N-dealkylation sites (N-methyl/N-ethyl adjacent to an activating group) is 1. The molecule has 6 nitrogen and oxygen atoms in total. The lowest BCUT2D eigenvalue weighted by Crippen LogP contribution is -2.52. The summed E-state index contributed by atoms with van der Waals surface area (Å²) in [6.45, 7) is 3.06. The van der Waals surface area contributed by atoms with Crippen molar-refractivity contribution in [3.63, 3.8) is 0 Å². The predicted molar refractivity (Wildman–Crippen MR) is 87.2 cm³/mol. The molecule has 3 N–H and O–H groups in total. The third kappa shape index (κ3) is 5.01. The Kier molecular flexibility index (Phi) is 5.28. The van der Waals surface area contributed by atoms with Gasteiger partial charge in [-0.3, -0.25) is 0 Å². The van der Waals surface area contributed by atoms with Crippen LogP contribution in [-0.2, 0) is 15.8 Å². The Morgan fingerprint density at radius 2 is 2.00 bits per heavy atom. The van der Waals surface area contributed by atoms with Crippen molar-refractivity contribution in [1.82, 2.24) is 14.7 Å². The summed E-state index contributed by atoms with van der Waals surface area (Å²) in [4.78, 5) is 5.06. The zero-order valence-corrected chi connectivity index (χ0v) is 13.6. The van der Waals surface area contributed by atoms with Crippen LogP contribution in [0.15, 0.2) is 24.3 Å². The van der Waals surface area contributed by atoms with Gasteiger partial charge in [-0.05, 0) is 18.7 Å². The smallest absolute Gasteiger partial charge is 0.228 e. The summed E-state index contributed by atoms with van der Waals surface area (Å²) >= 11 is 4.90. The number of nitrogens with one attached hydrogen (secondary N) is 1. The highest BCUT2D eigenvalue weighted by atomic mass is 32.2. The summed E-state index contributed by atoms with van der Waals surface area (Å²) in [5.41, 5.74) is 6.91. The van der Waals surface area contributed by atoms with Crippen LogP contribution in [0.3, 0.4) is 0 Å². The third-order valence-electron chi connectivity index (χ3n) is 3.34. The van der Waals surface area contributed by atoms with E-state index in [1.807, 2.05) is 7.05 Å². The van der Waals surface area contributed by atoms with Gasteiger partial charge in [0.05, 0.1) is 5.75 Å². The van der Waals surface area contributed by atoms with Crippen molar-refractivity contribution in [2.75, 3.05) is 33.2 Å². The van der Waals surface area contributed by atoms with Crippen LogP contribution in [0.2, 0.25) is 0 Å². The highest BCUT2D eigenvalue weighted by Gasteiger charge is 2.20. The van der Waals surface area contributed by atoms with E-state index in [-0.39, 0.29) is 10.7 Å². The van der Waals surface area contributed by atoms with Crippen molar-refractivity contribution in [3.8, 4) is 0 Å². The number of sulfonamides is 1. The zero-order chi connectivity index (χ0) is 15.5. The molecular formula is C13H20N4O2S2. The van der Waals surface area contributed by atoms with Gasteiger partial charge in [-0.1, -0.05) is 30.4 Å². The van der Waals surface area contributed by atoms with E-state index in [0.29, 0.717) is 24.2 Å². The summed E-state index contributed by atoms with van der Waals surface area (Å²) in [6.07, 6.45) is 0. The molecule has 1 fully saturated rings. The molecule has 2 rings (SSSR count). The van der Waals surface area contributed by atoms with Gasteiger partial charge in [0.25, 0.3) is 0 Å². The first-order chi connectivity index (χ1) is 9.85. The van der Waals surface area contributed by atoms with Gasteiger partial charge in [0.2, 0.25) is 10.0 Å². The lowest BCUT2D eigenvalue weighted by atomic mass is 10.1. The number of hydrogen-bond acceptors (Lipinski definition) is 5. The Hall–Kier alpha value is -1.06. The Balaban J connectivity index is 2.00. The molecule has 0 bridgehead atoms. The van der Waals surface area contributed by atoms with Crippen LogP contribution in [0.5, 0.6) is 0 Å². The first kappa shape index (κ1) is 16.3. The second-order valence-electron chi connectivity index (χ2n) is 5.21. The van der Waals surface area contributed by atoms with Crippen LogP contribution in [0.4, 0.5) is 0 Å². The van der Waals surface area contributed by atoms with Crippen molar-refractivity contribution in [2.45, 2.75) is 5.75 Å². The maximum atomic E-state index is 12.2. The number of thiocarbonyl (C=S) groups is 1. The standard InChI is InChI=1S/C13H20N4O2S2/c1-16-5-7-17(8-6-16)15-21(18,19)10-11-3-2-4-12(9-11)13(14)20/h2-4,9,15H,5-8,10H2,1H3,(H2,14,20). The highest BCUT2D eigenvalue weighted by Crippen LogP contribution is 2.09. The fraction of sp³-hybridized carbons (Fsp3) is 0.462. The molecule has 0 aliphatic carbocycles. The number of nitrogens with two attached hydrogens (primary N) is 1. The summed E-state index contributed by atoms with van der Waals surface area (Å²) in [5, 5.41) is 1.74. The molecule has 1 aliphatic rings. The second kappa shape index (κ2) is 6.80. The summed E-state index contributed by atoms with van der Waals surface area (Å²) in [5.74, 6) is -0.0875. The fourth-order valence-corrected chi connectivity index (χ4v) is 3.55. The first-order valence-electron chi connectivity index (χ1n) is 6.68. The minimum atomic E-state index is -3.42. The average molecular weight is 328 g/mol. The molecule has 0 unspecified atom stereocenters. The number of hydrazine groups is 1. The summed E-state index contributed by atoms with van der Waals surface area (Å²) in [6, 6.07) is 7.00. The van der Waals surface area contributed by atoms with E-state index in [1.54, 1.807) is 29.3 Å². The van der Waals surface area contributed by atoms with Gasteiger partial charge in [-0.25, -0.2) is 13.4 Å².